The molecule has 5 nitrogen and oxygen atoms in total. The maximum atomic E-state index is 11.7. The highest BCUT2D eigenvalue weighted by atomic mass is 16.5. The number of nitrogen functional groups attached to an aromatic ring is 1. The van der Waals surface area contributed by atoms with Crippen molar-refractivity contribution in [2.75, 3.05) is 24.3 Å². The predicted molar refractivity (Wildman–Crippen MR) is 69.9 cm³/mol. The average molecular weight is 250 g/mol. The first-order valence-electron chi connectivity index (χ1n) is 6.08. The van der Waals surface area contributed by atoms with Crippen LogP contribution in [-0.4, -0.2) is 19.1 Å². The molecule has 1 aromatic carbocycles. The molecule has 0 radical (unpaired) electrons. The zero-order chi connectivity index (χ0) is 13.1. The third kappa shape index (κ3) is 2.67. The van der Waals surface area contributed by atoms with E-state index in [2.05, 4.69) is 5.32 Å². The Kier molecular flexibility index (Phi) is 3.60. The van der Waals surface area contributed by atoms with Crippen LogP contribution in [0.5, 0.6) is 11.5 Å². The third-order valence-corrected chi connectivity index (χ3v) is 2.70. The standard InChI is InChI=1S/C13H18N2O3/c1-8(2)13(16)15-10-7-12-11(6-9(10)14)17-4-3-5-18-12/h6-8H,3-5,14H2,1-2H3,(H,15,16). The first-order valence-corrected chi connectivity index (χ1v) is 6.08. The summed E-state index contributed by atoms with van der Waals surface area (Å²) in [5.41, 5.74) is 6.94. The van der Waals surface area contributed by atoms with Crippen molar-refractivity contribution < 1.29 is 14.3 Å². The Morgan fingerprint density at radius 3 is 2.50 bits per heavy atom. The van der Waals surface area contributed by atoms with Gasteiger partial charge in [0, 0.05) is 24.5 Å². The van der Waals surface area contributed by atoms with E-state index < -0.39 is 0 Å². The van der Waals surface area contributed by atoms with Gasteiger partial charge in [0.1, 0.15) is 0 Å². The number of carbonyl (C=O) groups excluding carboxylic acids is 1. The number of ether oxygens (including phenoxy) is 2. The quantitative estimate of drug-likeness (QED) is 0.788. The summed E-state index contributed by atoms with van der Waals surface area (Å²) in [7, 11) is 0. The van der Waals surface area contributed by atoms with E-state index in [1.807, 2.05) is 13.8 Å². The second-order valence-corrected chi connectivity index (χ2v) is 4.58. The number of benzene rings is 1. The normalized spacial score (nSPS) is 14.2. The molecule has 2 rings (SSSR count). The largest absolute Gasteiger partial charge is 0.489 e. The lowest BCUT2D eigenvalue weighted by molar-refractivity contribution is -0.118. The molecule has 3 N–H and O–H groups in total. The predicted octanol–water partition coefficient (Wildman–Crippen LogP) is 2.02. The molecular formula is C13H18N2O3. The molecule has 1 heterocycles. The van der Waals surface area contributed by atoms with E-state index in [1.54, 1.807) is 12.1 Å². The highest BCUT2D eigenvalue weighted by molar-refractivity contribution is 5.95. The van der Waals surface area contributed by atoms with Gasteiger partial charge in [-0.25, -0.2) is 0 Å². The minimum Gasteiger partial charge on any atom is -0.489 e. The van der Waals surface area contributed by atoms with Crippen LogP contribution in [0.3, 0.4) is 0 Å². The van der Waals surface area contributed by atoms with Crippen molar-refractivity contribution in [3.05, 3.63) is 12.1 Å². The van der Waals surface area contributed by atoms with Crippen molar-refractivity contribution in [1.82, 2.24) is 0 Å². The van der Waals surface area contributed by atoms with Crippen LogP contribution in [0, 0.1) is 5.92 Å². The Hall–Kier alpha value is -1.91. The van der Waals surface area contributed by atoms with Gasteiger partial charge in [0.05, 0.1) is 24.6 Å². The number of hydrogen-bond donors (Lipinski definition) is 2. The van der Waals surface area contributed by atoms with Crippen LogP contribution in [0.1, 0.15) is 20.3 Å². The van der Waals surface area contributed by atoms with E-state index in [0.29, 0.717) is 36.1 Å². The molecule has 0 aliphatic carbocycles. The molecule has 0 saturated carbocycles. The topological polar surface area (TPSA) is 73.6 Å². The van der Waals surface area contributed by atoms with Gasteiger partial charge in [-0.05, 0) is 0 Å². The van der Waals surface area contributed by atoms with Gasteiger partial charge in [-0.3, -0.25) is 4.79 Å². The number of amides is 1. The molecule has 0 fully saturated rings. The Labute approximate surface area is 106 Å². The highest BCUT2D eigenvalue weighted by Crippen LogP contribution is 2.36. The summed E-state index contributed by atoms with van der Waals surface area (Å²) in [6, 6.07) is 3.41. The van der Waals surface area contributed by atoms with Crippen molar-refractivity contribution in [3.8, 4) is 11.5 Å². The summed E-state index contributed by atoms with van der Waals surface area (Å²) in [5.74, 6) is 1.09. The molecule has 1 aromatic rings. The molecule has 0 bridgehead atoms. The smallest absolute Gasteiger partial charge is 0.226 e. The summed E-state index contributed by atoms with van der Waals surface area (Å²) in [6.07, 6.45) is 0.836. The number of hydrogen-bond acceptors (Lipinski definition) is 4. The summed E-state index contributed by atoms with van der Waals surface area (Å²) < 4.78 is 11.1. The Morgan fingerprint density at radius 1 is 1.28 bits per heavy atom. The van der Waals surface area contributed by atoms with Crippen molar-refractivity contribution in [2.45, 2.75) is 20.3 Å². The molecule has 0 unspecified atom stereocenters. The van der Waals surface area contributed by atoms with Crippen LogP contribution in [-0.2, 0) is 4.79 Å². The number of nitrogens with one attached hydrogen (secondary N) is 1. The second kappa shape index (κ2) is 5.16. The lowest BCUT2D eigenvalue weighted by atomic mass is 10.2. The molecule has 1 aliphatic heterocycles. The van der Waals surface area contributed by atoms with E-state index in [-0.39, 0.29) is 11.8 Å². The fourth-order valence-corrected chi connectivity index (χ4v) is 1.61. The highest BCUT2D eigenvalue weighted by Gasteiger charge is 2.15. The maximum absolute atomic E-state index is 11.7. The molecular weight excluding hydrogens is 232 g/mol. The summed E-state index contributed by atoms with van der Waals surface area (Å²) in [4.78, 5) is 11.7. The molecule has 0 atom stereocenters. The Bertz CT molecular complexity index is 458. The summed E-state index contributed by atoms with van der Waals surface area (Å²) in [5, 5.41) is 2.78. The van der Waals surface area contributed by atoms with E-state index in [0.717, 1.165) is 6.42 Å². The van der Waals surface area contributed by atoms with E-state index in [1.165, 1.54) is 0 Å². The maximum Gasteiger partial charge on any atom is 0.226 e. The Balaban J connectivity index is 2.26. The Morgan fingerprint density at radius 2 is 1.89 bits per heavy atom. The lowest BCUT2D eigenvalue weighted by Crippen LogP contribution is -2.18. The number of fused-ring (bicyclic) bond motifs is 1. The molecule has 1 aliphatic rings. The molecule has 0 spiro atoms. The molecule has 18 heavy (non-hydrogen) atoms. The van der Waals surface area contributed by atoms with E-state index >= 15 is 0 Å². The molecule has 98 valence electrons. The fourth-order valence-electron chi connectivity index (χ4n) is 1.61. The number of carbonyl (C=O) groups is 1. The SMILES string of the molecule is CC(C)C(=O)Nc1cc2c(cc1N)OCCCO2. The van der Waals surface area contributed by atoms with Crippen LogP contribution in [0.25, 0.3) is 0 Å². The molecule has 0 aromatic heterocycles. The van der Waals surface area contributed by atoms with Crippen LogP contribution >= 0.6 is 0 Å². The van der Waals surface area contributed by atoms with Gasteiger partial charge in [0.2, 0.25) is 5.91 Å². The monoisotopic (exact) mass is 250 g/mol. The van der Waals surface area contributed by atoms with Crippen molar-refractivity contribution in [2.24, 2.45) is 5.92 Å². The van der Waals surface area contributed by atoms with Gasteiger partial charge in [-0.15, -0.1) is 0 Å². The second-order valence-electron chi connectivity index (χ2n) is 4.58. The number of nitrogens with two attached hydrogens (primary N) is 1. The lowest BCUT2D eigenvalue weighted by Gasteiger charge is -2.14. The van der Waals surface area contributed by atoms with E-state index in [9.17, 15) is 4.79 Å². The third-order valence-electron chi connectivity index (χ3n) is 2.70. The van der Waals surface area contributed by atoms with Crippen LogP contribution in [0.4, 0.5) is 11.4 Å². The van der Waals surface area contributed by atoms with Crippen LogP contribution in [0.15, 0.2) is 12.1 Å². The minimum atomic E-state index is -0.0969. The first kappa shape index (κ1) is 12.5. The first-order chi connectivity index (χ1) is 8.58. The van der Waals surface area contributed by atoms with Gasteiger partial charge in [0.15, 0.2) is 11.5 Å². The van der Waals surface area contributed by atoms with Crippen molar-refractivity contribution in [1.29, 1.82) is 0 Å². The van der Waals surface area contributed by atoms with Crippen molar-refractivity contribution >= 4 is 17.3 Å². The van der Waals surface area contributed by atoms with Crippen molar-refractivity contribution in [3.63, 3.8) is 0 Å². The summed E-state index contributed by atoms with van der Waals surface area (Å²) >= 11 is 0. The van der Waals surface area contributed by atoms with E-state index in [4.69, 9.17) is 15.2 Å². The molecule has 5 heteroatoms. The average Bonchev–Trinajstić information content (AvgIpc) is 2.54. The molecule has 1 amide bonds. The summed E-state index contributed by atoms with van der Waals surface area (Å²) in [6.45, 7) is 4.88. The molecule has 0 saturated heterocycles. The fraction of sp³-hybridized carbons (Fsp3) is 0.462. The van der Waals surface area contributed by atoms with Gasteiger partial charge in [-0.1, -0.05) is 13.8 Å². The number of anilines is 2. The van der Waals surface area contributed by atoms with Crippen LogP contribution in [0.2, 0.25) is 0 Å². The van der Waals surface area contributed by atoms with Gasteiger partial charge in [0.25, 0.3) is 0 Å². The number of rotatable bonds is 2. The zero-order valence-corrected chi connectivity index (χ0v) is 10.7. The minimum absolute atomic E-state index is 0.0730. The zero-order valence-electron chi connectivity index (χ0n) is 10.7. The van der Waals surface area contributed by atoms with Crippen LogP contribution < -0.4 is 20.5 Å². The van der Waals surface area contributed by atoms with Gasteiger partial charge >= 0.3 is 0 Å². The van der Waals surface area contributed by atoms with Gasteiger partial charge in [-0.2, -0.15) is 0 Å². The van der Waals surface area contributed by atoms with Gasteiger partial charge < -0.3 is 20.5 Å².